The van der Waals surface area contributed by atoms with Gasteiger partial charge in [0.2, 0.25) is 0 Å². The standard InChI is InChI=1S/C23H25FN2/c1-2-18-7-3-4-8-20(18)17-26-16-6-15-25-14-5-9-22(25)23(26)19-10-12-21(24)13-11-19/h3-5,7-14,23H,2,6,15-17H2,1H3/t23-/m0/s1. The Morgan fingerprint density at radius 1 is 0.923 bits per heavy atom. The third-order valence-corrected chi connectivity index (χ3v) is 5.41. The topological polar surface area (TPSA) is 8.17 Å². The van der Waals surface area contributed by atoms with Gasteiger partial charge in [0.05, 0.1) is 6.04 Å². The summed E-state index contributed by atoms with van der Waals surface area (Å²) in [6, 6.07) is 20.2. The molecule has 3 aromatic rings. The molecule has 0 unspecified atom stereocenters. The molecule has 0 aliphatic carbocycles. The molecule has 1 aromatic heterocycles. The molecule has 1 atom stereocenters. The number of nitrogens with zero attached hydrogens (tertiary/aromatic N) is 2. The van der Waals surface area contributed by atoms with Gasteiger partial charge >= 0.3 is 0 Å². The summed E-state index contributed by atoms with van der Waals surface area (Å²) in [5, 5.41) is 0. The normalized spacial score (nSPS) is 17.7. The number of halogens is 1. The van der Waals surface area contributed by atoms with Gasteiger partial charge in [-0.05, 0) is 53.8 Å². The summed E-state index contributed by atoms with van der Waals surface area (Å²) in [6.07, 6.45) is 4.32. The van der Waals surface area contributed by atoms with Crippen LogP contribution in [0.3, 0.4) is 0 Å². The maximum atomic E-state index is 13.5. The first kappa shape index (κ1) is 17.0. The van der Waals surface area contributed by atoms with Gasteiger partial charge in [-0.25, -0.2) is 4.39 Å². The lowest BCUT2D eigenvalue weighted by Gasteiger charge is -2.31. The molecule has 0 amide bonds. The summed E-state index contributed by atoms with van der Waals surface area (Å²) in [4.78, 5) is 2.54. The second kappa shape index (κ2) is 7.46. The summed E-state index contributed by atoms with van der Waals surface area (Å²) in [7, 11) is 0. The van der Waals surface area contributed by atoms with E-state index in [0.29, 0.717) is 0 Å². The van der Waals surface area contributed by atoms with E-state index >= 15 is 0 Å². The van der Waals surface area contributed by atoms with Crippen LogP contribution in [0, 0.1) is 5.82 Å². The number of aromatic nitrogens is 1. The zero-order valence-corrected chi connectivity index (χ0v) is 15.2. The van der Waals surface area contributed by atoms with Gasteiger partial charge in [-0.15, -0.1) is 0 Å². The lowest BCUT2D eigenvalue weighted by atomic mass is 9.99. The van der Waals surface area contributed by atoms with E-state index in [-0.39, 0.29) is 11.9 Å². The second-order valence-corrected chi connectivity index (χ2v) is 7.03. The van der Waals surface area contributed by atoms with Crippen LogP contribution in [-0.4, -0.2) is 16.0 Å². The van der Waals surface area contributed by atoms with E-state index in [4.69, 9.17) is 0 Å². The van der Waals surface area contributed by atoms with E-state index in [1.54, 1.807) is 12.1 Å². The summed E-state index contributed by atoms with van der Waals surface area (Å²) < 4.78 is 15.8. The zero-order chi connectivity index (χ0) is 17.9. The highest BCUT2D eigenvalue weighted by Gasteiger charge is 2.27. The van der Waals surface area contributed by atoms with Gasteiger partial charge < -0.3 is 4.57 Å². The predicted molar refractivity (Wildman–Crippen MR) is 104 cm³/mol. The van der Waals surface area contributed by atoms with Crippen LogP contribution < -0.4 is 0 Å². The molecule has 0 radical (unpaired) electrons. The molecular weight excluding hydrogens is 323 g/mol. The van der Waals surface area contributed by atoms with Crippen molar-refractivity contribution in [2.24, 2.45) is 0 Å². The Morgan fingerprint density at radius 2 is 1.69 bits per heavy atom. The quantitative estimate of drug-likeness (QED) is 0.630. The molecule has 0 saturated carbocycles. The van der Waals surface area contributed by atoms with Crippen LogP contribution in [-0.2, 0) is 19.5 Å². The first-order valence-electron chi connectivity index (χ1n) is 9.47. The Bertz CT molecular complexity index is 866. The van der Waals surface area contributed by atoms with E-state index in [9.17, 15) is 4.39 Å². The molecule has 1 aliphatic heterocycles. The monoisotopic (exact) mass is 348 g/mol. The van der Waals surface area contributed by atoms with Crippen LogP contribution >= 0.6 is 0 Å². The third kappa shape index (κ3) is 3.32. The van der Waals surface area contributed by atoms with E-state index in [1.165, 1.54) is 16.8 Å². The molecule has 2 aromatic carbocycles. The Hall–Kier alpha value is -2.39. The summed E-state index contributed by atoms with van der Waals surface area (Å²) in [5.74, 6) is -0.180. The maximum Gasteiger partial charge on any atom is 0.123 e. The van der Waals surface area contributed by atoms with E-state index in [1.807, 2.05) is 12.1 Å². The average Bonchev–Trinajstić information content (AvgIpc) is 3.05. The van der Waals surface area contributed by atoms with Gasteiger partial charge in [-0.3, -0.25) is 4.90 Å². The van der Waals surface area contributed by atoms with Gasteiger partial charge in [0.15, 0.2) is 0 Å². The molecule has 1 aliphatic rings. The van der Waals surface area contributed by atoms with Crippen molar-refractivity contribution in [2.75, 3.05) is 6.54 Å². The lowest BCUT2D eigenvalue weighted by Crippen LogP contribution is -2.30. The molecule has 0 bridgehead atoms. The van der Waals surface area contributed by atoms with Crippen LogP contribution in [0.5, 0.6) is 0 Å². The molecule has 26 heavy (non-hydrogen) atoms. The molecule has 0 saturated heterocycles. The van der Waals surface area contributed by atoms with Crippen LogP contribution in [0.25, 0.3) is 0 Å². The predicted octanol–water partition coefficient (Wildman–Crippen LogP) is 5.18. The molecule has 0 N–H and O–H groups in total. The minimum absolute atomic E-state index is 0.151. The van der Waals surface area contributed by atoms with Crippen molar-refractivity contribution in [1.29, 1.82) is 0 Å². The molecule has 4 rings (SSSR count). The number of aryl methyl sites for hydroxylation is 2. The minimum Gasteiger partial charge on any atom is -0.350 e. The Morgan fingerprint density at radius 3 is 2.46 bits per heavy atom. The van der Waals surface area contributed by atoms with E-state index in [2.05, 4.69) is 59.0 Å². The van der Waals surface area contributed by atoms with Crippen molar-refractivity contribution in [1.82, 2.24) is 9.47 Å². The number of rotatable bonds is 4. The second-order valence-electron chi connectivity index (χ2n) is 7.03. The van der Waals surface area contributed by atoms with Crippen LogP contribution in [0.4, 0.5) is 4.39 Å². The van der Waals surface area contributed by atoms with Crippen molar-refractivity contribution in [2.45, 2.75) is 38.9 Å². The van der Waals surface area contributed by atoms with Gasteiger partial charge in [-0.2, -0.15) is 0 Å². The molecular formula is C23H25FN2. The molecule has 3 heteroatoms. The highest BCUT2D eigenvalue weighted by atomic mass is 19.1. The smallest absolute Gasteiger partial charge is 0.123 e. The number of hydrogen-bond acceptors (Lipinski definition) is 1. The fraction of sp³-hybridized carbons (Fsp3) is 0.304. The maximum absolute atomic E-state index is 13.5. The highest BCUT2D eigenvalue weighted by Crippen LogP contribution is 2.33. The number of benzene rings is 2. The Kier molecular flexibility index (Phi) is 4.89. The van der Waals surface area contributed by atoms with Gasteiger partial charge in [0.1, 0.15) is 5.82 Å². The molecule has 0 spiro atoms. The van der Waals surface area contributed by atoms with Crippen molar-refractivity contribution in [3.05, 3.63) is 95.1 Å². The van der Waals surface area contributed by atoms with Gasteiger partial charge in [-0.1, -0.05) is 43.3 Å². The van der Waals surface area contributed by atoms with Crippen LogP contribution in [0.2, 0.25) is 0 Å². The van der Waals surface area contributed by atoms with Crippen LogP contribution in [0.1, 0.15) is 41.8 Å². The number of hydrogen-bond donors (Lipinski definition) is 0. The first-order valence-corrected chi connectivity index (χ1v) is 9.47. The lowest BCUT2D eigenvalue weighted by molar-refractivity contribution is 0.219. The van der Waals surface area contributed by atoms with Crippen molar-refractivity contribution >= 4 is 0 Å². The summed E-state index contributed by atoms with van der Waals surface area (Å²) >= 11 is 0. The number of fused-ring (bicyclic) bond motifs is 1. The summed E-state index contributed by atoms with van der Waals surface area (Å²) in [6.45, 7) is 5.19. The largest absolute Gasteiger partial charge is 0.350 e. The highest BCUT2D eigenvalue weighted by molar-refractivity contribution is 5.32. The molecule has 134 valence electrons. The van der Waals surface area contributed by atoms with Crippen molar-refractivity contribution < 1.29 is 4.39 Å². The van der Waals surface area contributed by atoms with Crippen LogP contribution in [0.15, 0.2) is 66.9 Å². The minimum atomic E-state index is -0.180. The van der Waals surface area contributed by atoms with E-state index < -0.39 is 0 Å². The summed E-state index contributed by atoms with van der Waals surface area (Å²) in [5.41, 5.74) is 5.25. The molecule has 2 nitrogen and oxygen atoms in total. The van der Waals surface area contributed by atoms with Crippen molar-refractivity contribution in [3.8, 4) is 0 Å². The third-order valence-electron chi connectivity index (χ3n) is 5.41. The Labute approximate surface area is 154 Å². The van der Waals surface area contributed by atoms with Gasteiger partial charge in [0.25, 0.3) is 0 Å². The first-order chi connectivity index (χ1) is 12.8. The molecule has 2 heterocycles. The average molecular weight is 348 g/mol. The SMILES string of the molecule is CCc1ccccc1CN1CCCn2cccc2[C@@H]1c1ccc(F)cc1. The fourth-order valence-corrected chi connectivity index (χ4v) is 4.11. The zero-order valence-electron chi connectivity index (χ0n) is 15.2. The molecule has 0 fully saturated rings. The van der Waals surface area contributed by atoms with Gasteiger partial charge in [0, 0.05) is 31.5 Å². The van der Waals surface area contributed by atoms with E-state index in [0.717, 1.165) is 38.0 Å². The Balaban J connectivity index is 1.74. The fourth-order valence-electron chi connectivity index (χ4n) is 4.11. The van der Waals surface area contributed by atoms with Crippen molar-refractivity contribution in [3.63, 3.8) is 0 Å².